The van der Waals surface area contributed by atoms with E-state index in [2.05, 4.69) is 10.4 Å². The second-order valence-electron chi connectivity index (χ2n) is 3.71. The number of aromatic nitrogens is 2. The molecule has 2 rings (SSSR count). The molecule has 1 heterocycles. The third-order valence-electron chi connectivity index (χ3n) is 2.39. The lowest BCUT2D eigenvalue weighted by atomic mass is 10.1. The Hall–Kier alpha value is -1.68. The molecule has 0 spiro atoms. The molecule has 84 valence electrons. The molecule has 0 fully saturated rings. The van der Waals surface area contributed by atoms with Gasteiger partial charge in [0.25, 0.3) is 0 Å². The number of hydrogen-bond acceptors (Lipinski definition) is 2. The van der Waals surface area contributed by atoms with Gasteiger partial charge in [-0.25, -0.2) is 4.39 Å². The smallest absolute Gasteiger partial charge is 0.123 e. The summed E-state index contributed by atoms with van der Waals surface area (Å²) in [7, 11) is 3.77. The number of halogens is 1. The first-order valence-corrected chi connectivity index (χ1v) is 5.14. The van der Waals surface area contributed by atoms with Gasteiger partial charge in [-0.1, -0.05) is 0 Å². The van der Waals surface area contributed by atoms with Crippen LogP contribution in [-0.4, -0.2) is 16.8 Å². The number of nitrogens with zero attached hydrogens (tertiary/aromatic N) is 2. The minimum absolute atomic E-state index is 0.227. The van der Waals surface area contributed by atoms with Crippen molar-refractivity contribution in [2.24, 2.45) is 7.05 Å². The van der Waals surface area contributed by atoms with Crippen LogP contribution in [0, 0.1) is 5.82 Å². The molecule has 0 unspecified atom stereocenters. The number of benzene rings is 1. The highest BCUT2D eigenvalue weighted by molar-refractivity contribution is 5.62. The lowest BCUT2D eigenvalue weighted by Gasteiger charge is -2.01. The van der Waals surface area contributed by atoms with Crippen LogP contribution in [0.5, 0.6) is 0 Å². The largest absolute Gasteiger partial charge is 0.316 e. The number of nitrogens with one attached hydrogen (secondary N) is 1. The van der Waals surface area contributed by atoms with Crippen molar-refractivity contribution >= 4 is 0 Å². The molecule has 0 aliphatic carbocycles. The van der Waals surface area contributed by atoms with Gasteiger partial charge in [-0.2, -0.15) is 5.10 Å². The highest BCUT2D eigenvalue weighted by atomic mass is 19.1. The van der Waals surface area contributed by atoms with E-state index in [1.807, 2.05) is 20.3 Å². The van der Waals surface area contributed by atoms with Gasteiger partial charge in [0.05, 0.1) is 5.69 Å². The van der Waals surface area contributed by atoms with Crippen molar-refractivity contribution < 1.29 is 4.39 Å². The van der Waals surface area contributed by atoms with Gasteiger partial charge >= 0.3 is 0 Å². The Morgan fingerprint density at radius 3 is 2.62 bits per heavy atom. The molecule has 4 heteroatoms. The highest BCUT2D eigenvalue weighted by Crippen LogP contribution is 2.21. The second-order valence-corrected chi connectivity index (χ2v) is 3.71. The molecule has 0 saturated carbocycles. The quantitative estimate of drug-likeness (QED) is 0.855. The molecular formula is C12H14FN3. The standard InChI is InChI=1S/C12H14FN3/c1-14-7-10-8-16(2)15-12(10)9-3-5-11(13)6-4-9/h3-6,8,14H,7H2,1-2H3. The third-order valence-corrected chi connectivity index (χ3v) is 2.39. The molecule has 2 aromatic rings. The Kier molecular flexibility index (Phi) is 3.01. The van der Waals surface area contributed by atoms with Crippen molar-refractivity contribution in [1.82, 2.24) is 15.1 Å². The molecule has 3 nitrogen and oxygen atoms in total. The Bertz CT molecular complexity index is 474. The van der Waals surface area contributed by atoms with Crippen LogP contribution in [0.15, 0.2) is 30.5 Å². The number of aryl methyl sites for hydroxylation is 1. The fourth-order valence-corrected chi connectivity index (χ4v) is 1.71. The van der Waals surface area contributed by atoms with Gasteiger partial charge in [-0.05, 0) is 31.3 Å². The van der Waals surface area contributed by atoms with Crippen molar-refractivity contribution in [3.8, 4) is 11.3 Å². The van der Waals surface area contributed by atoms with Gasteiger partial charge in [-0.3, -0.25) is 4.68 Å². The van der Waals surface area contributed by atoms with E-state index in [9.17, 15) is 4.39 Å². The molecule has 0 amide bonds. The summed E-state index contributed by atoms with van der Waals surface area (Å²) in [4.78, 5) is 0. The zero-order chi connectivity index (χ0) is 11.5. The maximum Gasteiger partial charge on any atom is 0.123 e. The molecule has 1 aromatic heterocycles. The Labute approximate surface area is 93.9 Å². The maximum atomic E-state index is 12.8. The van der Waals surface area contributed by atoms with Crippen LogP contribution in [0.1, 0.15) is 5.56 Å². The van der Waals surface area contributed by atoms with E-state index in [4.69, 9.17) is 0 Å². The molecule has 1 N–H and O–H groups in total. The number of rotatable bonds is 3. The Balaban J connectivity index is 2.42. The summed E-state index contributed by atoms with van der Waals surface area (Å²) in [5, 5.41) is 7.47. The molecule has 0 saturated heterocycles. The summed E-state index contributed by atoms with van der Waals surface area (Å²) in [6.45, 7) is 0.751. The fraction of sp³-hybridized carbons (Fsp3) is 0.250. The van der Waals surface area contributed by atoms with Gasteiger partial charge in [0.15, 0.2) is 0 Å². The van der Waals surface area contributed by atoms with Crippen LogP contribution in [-0.2, 0) is 13.6 Å². The predicted octanol–water partition coefficient (Wildman–Crippen LogP) is 1.95. The summed E-state index contributed by atoms with van der Waals surface area (Å²) in [6.07, 6.45) is 1.97. The van der Waals surface area contributed by atoms with Crippen LogP contribution < -0.4 is 5.32 Å². The maximum absolute atomic E-state index is 12.8. The first-order chi connectivity index (χ1) is 7.70. The SMILES string of the molecule is CNCc1cn(C)nc1-c1ccc(F)cc1. The topological polar surface area (TPSA) is 29.9 Å². The average molecular weight is 219 g/mol. The Morgan fingerprint density at radius 1 is 1.31 bits per heavy atom. The van der Waals surface area contributed by atoms with Gasteiger partial charge in [-0.15, -0.1) is 0 Å². The summed E-state index contributed by atoms with van der Waals surface area (Å²) in [5.74, 6) is -0.227. The second kappa shape index (κ2) is 4.45. The van der Waals surface area contributed by atoms with Gasteiger partial charge in [0.2, 0.25) is 0 Å². The summed E-state index contributed by atoms with van der Waals surface area (Å²) in [6, 6.07) is 6.40. The van der Waals surface area contributed by atoms with E-state index in [1.54, 1.807) is 16.8 Å². The monoisotopic (exact) mass is 219 g/mol. The van der Waals surface area contributed by atoms with E-state index in [1.165, 1.54) is 12.1 Å². The molecule has 16 heavy (non-hydrogen) atoms. The molecule has 0 atom stereocenters. The lowest BCUT2D eigenvalue weighted by molar-refractivity contribution is 0.628. The first kappa shape index (κ1) is 10.8. The lowest BCUT2D eigenvalue weighted by Crippen LogP contribution is -2.05. The van der Waals surface area contributed by atoms with Crippen LogP contribution in [0.25, 0.3) is 11.3 Å². The van der Waals surface area contributed by atoms with E-state index >= 15 is 0 Å². The van der Waals surface area contributed by atoms with E-state index in [0.29, 0.717) is 0 Å². The minimum Gasteiger partial charge on any atom is -0.316 e. The van der Waals surface area contributed by atoms with E-state index < -0.39 is 0 Å². The zero-order valence-corrected chi connectivity index (χ0v) is 9.37. The van der Waals surface area contributed by atoms with Gasteiger partial charge < -0.3 is 5.32 Å². The molecule has 0 radical (unpaired) electrons. The third kappa shape index (κ3) is 2.12. The fourth-order valence-electron chi connectivity index (χ4n) is 1.71. The molecule has 0 bridgehead atoms. The van der Waals surface area contributed by atoms with Crippen molar-refractivity contribution in [3.63, 3.8) is 0 Å². The average Bonchev–Trinajstić information content (AvgIpc) is 2.61. The van der Waals surface area contributed by atoms with Crippen molar-refractivity contribution in [3.05, 3.63) is 41.8 Å². The van der Waals surface area contributed by atoms with Crippen molar-refractivity contribution in [2.45, 2.75) is 6.54 Å². The molecule has 0 aliphatic heterocycles. The Morgan fingerprint density at radius 2 is 2.00 bits per heavy atom. The van der Waals surface area contributed by atoms with Crippen molar-refractivity contribution in [2.75, 3.05) is 7.05 Å². The van der Waals surface area contributed by atoms with E-state index in [0.717, 1.165) is 23.4 Å². The minimum atomic E-state index is -0.227. The predicted molar refractivity (Wildman–Crippen MR) is 61.4 cm³/mol. The normalized spacial score (nSPS) is 10.7. The zero-order valence-electron chi connectivity index (χ0n) is 9.37. The summed E-state index contributed by atoms with van der Waals surface area (Å²) >= 11 is 0. The van der Waals surface area contributed by atoms with Crippen LogP contribution in [0.2, 0.25) is 0 Å². The van der Waals surface area contributed by atoms with Gasteiger partial charge in [0.1, 0.15) is 5.82 Å². The molecular weight excluding hydrogens is 205 g/mol. The van der Waals surface area contributed by atoms with Gasteiger partial charge in [0, 0.05) is 30.9 Å². The molecule has 1 aromatic carbocycles. The van der Waals surface area contributed by atoms with E-state index in [-0.39, 0.29) is 5.82 Å². The van der Waals surface area contributed by atoms with Crippen LogP contribution in [0.3, 0.4) is 0 Å². The molecule has 0 aliphatic rings. The summed E-state index contributed by atoms with van der Waals surface area (Å²) in [5.41, 5.74) is 2.95. The van der Waals surface area contributed by atoms with Crippen molar-refractivity contribution in [1.29, 1.82) is 0 Å². The first-order valence-electron chi connectivity index (χ1n) is 5.14. The summed E-state index contributed by atoms with van der Waals surface area (Å²) < 4.78 is 14.6. The highest BCUT2D eigenvalue weighted by Gasteiger charge is 2.09. The van der Waals surface area contributed by atoms with Crippen LogP contribution in [0.4, 0.5) is 4.39 Å². The number of hydrogen-bond donors (Lipinski definition) is 1. The van der Waals surface area contributed by atoms with Crippen LogP contribution >= 0.6 is 0 Å².